The molecule has 1 aromatic carbocycles. The van der Waals surface area contributed by atoms with Crippen molar-refractivity contribution in [2.75, 3.05) is 33.0 Å². The molecule has 2 heterocycles. The van der Waals surface area contributed by atoms with Crippen molar-refractivity contribution >= 4 is 0 Å². The van der Waals surface area contributed by atoms with Gasteiger partial charge in [0.05, 0.1) is 6.04 Å². The molecule has 0 aliphatic carbocycles. The summed E-state index contributed by atoms with van der Waals surface area (Å²) in [5, 5.41) is 3.37. The van der Waals surface area contributed by atoms with Gasteiger partial charge >= 0.3 is 0 Å². The van der Waals surface area contributed by atoms with Crippen LogP contribution in [0, 0.1) is 0 Å². The number of benzene rings is 1. The first-order valence-electron chi connectivity index (χ1n) is 6.35. The fourth-order valence-electron chi connectivity index (χ4n) is 2.55. The molecule has 0 amide bonds. The van der Waals surface area contributed by atoms with E-state index in [1.54, 1.807) is 0 Å². The fourth-order valence-corrected chi connectivity index (χ4v) is 2.55. The average molecular weight is 246 g/mol. The molecule has 0 spiro atoms. The zero-order valence-corrected chi connectivity index (χ0v) is 10.4. The molecule has 1 N–H and O–H groups in total. The second kappa shape index (κ2) is 5.00. The van der Waals surface area contributed by atoms with Crippen LogP contribution in [-0.4, -0.2) is 37.9 Å². The number of nitrogens with one attached hydrogen (secondary N) is 1. The molecule has 1 fully saturated rings. The van der Waals surface area contributed by atoms with Crippen LogP contribution in [0.3, 0.4) is 0 Å². The molecular formula is C14H18N2O2. The second-order valence-electron chi connectivity index (χ2n) is 4.58. The Hall–Kier alpha value is -1.52. The van der Waals surface area contributed by atoms with Crippen LogP contribution >= 0.6 is 0 Å². The van der Waals surface area contributed by atoms with E-state index in [1.807, 2.05) is 12.1 Å². The molecule has 4 heteroatoms. The van der Waals surface area contributed by atoms with Crippen LogP contribution in [0.4, 0.5) is 0 Å². The lowest BCUT2D eigenvalue weighted by atomic mass is 10.0. The summed E-state index contributed by atoms with van der Waals surface area (Å²) in [4.78, 5) is 2.43. The maximum atomic E-state index is 5.43. The third-order valence-corrected chi connectivity index (χ3v) is 3.51. The van der Waals surface area contributed by atoms with E-state index < -0.39 is 0 Å². The highest BCUT2D eigenvalue weighted by atomic mass is 16.7. The van der Waals surface area contributed by atoms with E-state index >= 15 is 0 Å². The standard InChI is InChI=1S/C14H18N2O2/c1-2-12(16-7-5-15-6-8-16)11-3-4-13-14(9-11)18-10-17-13/h2-4,9,12,15H,1,5-8,10H2/t12-/m1/s1. The highest BCUT2D eigenvalue weighted by Gasteiger charge is 2.22. The average Bonchev–Trinajstić information content (AvgIpc) is 2.88. The Balaban J connectivity index is 1.84. The first kappa shape index (κ1) is 11.6. The van der Waals surface area contributed by atoms with Gasteiger partial charge in [0, 0.05) is 26.2 Å². The molecule has 1 aromatic rings. The molecule has 3 rings (SSSR count). The van der Waals surface area contributed by atoms with Gasteiger partial charge in [-0.25, -0.2) is 0 Å². The number of fused-ring (bicyclic) bond motifs is 1. The number of ether oxygens (including phenoxy) is 2. The van der Waals surface area contributed by atoms with E-state index in [0.717, 1.165) is 37.7 Å². The Bertz CT molecular complexity index is 441. The molecule has 0 aromatic heterocycles. The quantitative estimate of drug-likeness (QED) is 0.820. The monoisotopic (exact) mass is 246 g/mol. The normalized spacial score (nSPS) is 20.7. The third kappa shape index (κ3) is 2.09. The molecule has 0 saturated carbocycles. The van der Waals surface area contributed by atoms with E-state index in [0.29, 0.717) is 6.79 Å². The predicted molar refractivity (Wildman–Crippen MR) is 69.9 cm³/mol. The van der Waals surface area contributed by atoms with Crippen molar-refractivity contribution in [3.8, 4) is 11.5 Å². The highest BCUT2D eigenvalue weighted by molar-refractivity contribution is 5.45. The zero-order chi connectivity index (χ0) is 12.4. The topological polar surface area (TPSA) is 33.7 Å². The smallest absolute Gasteiger partial charge is 0.231 e. The number of nitrogens with zero attached hydrogens (tertiary/aromatic N) is 1. The summed E-state index contributed by atoms with van der Waals surface area (Å²) in [7, 11) is 0. The summed E-state index contributed by atoms with van der Waals surface area (Å²) in [5.41, 5.74) is 1.22. The fraction of sp³-hybridized carbons (Fsp3) is 0.429. The molecule has 0 radical (unpaired) electrons. The van der Waals surface area contributed by atoms with Crippen molar-refractivity contribution in [3.05, 3.63) is 36.4 Å². The minimum Gasteiger partial charge on any atom is -0.454 e. The minimum absolute atomic E-state index is 0.251. The molecule has 96 valence electrons. The van der Waals surface area contributed by atoms with Gasteiger partial charge in [0.15, 0.2) is 11.5 Å². The molecule has 1 atom stereocenters. The molecule has 1 saturated heterocycles. The van der Waals surface area contributed by atoms with Crippen molar-refractivity contribution in [1.29, 1.82) is 0 Å². The number of piperazine rings is 1. The molecular weight excluding hydrogens is 228 g/mol. The first-order valence-corrected chi connectivity index (χ1v) is 6.35. The van der Waals surface area contributed by atoms with Crippen LogP contribution in [0.25, 0.3) is 0 Å². The zero-order valence-electron chi connectivity index (χ0n) is 10.4. The molecule has 0 bridgehead atoms. The van der Waals surface area contributed by atoms with Gasteiger partial charge in [0.25, 0.3) is 0 Å². The van der Waals surface area contributed by atoms with Crippen LogP contribution in [0.2, 0.25) is 0 Å². The lowest BCUT2D eigenvalue weighted by Crippen LogP contribution is -2.44. The first-order chi connectivity index (χ1) is 8.88. The van der Waals surface area contributed by atoms with Crippen LogP contribution in [0.5, 0.6) is 11.5 Å². The lowest BCUT2D eigenvalue weighted by molar-refractivity contribution is 0.173. The summed E-state index contributed by atoms with van der Waals surface area (Å²) in [6.45, 7) is 8.46. The second-order valence-corrected chi connectivity index (χ2v) is 4.58. The Morgan fingerprint density at radius 1 is 1.22 bits per heavy atom. The van der Waals surface area contributed by atoms with Crippen LogP contribution in [-0.2, 0) is 0 Å². The van der Waals surface area contributed by atoms with Crippen molar-refractivity contribution < 1.29 is 9.47 Å². The van der Waals surface area contributed by atoms with E-state index in [9.17, 15) is 0 Å². The minimum atomic E-state index is 0.251. The van der Waals surface area contributed by atoms with Crippen molar-refractivity contribution in [2.24, 2.45) is 0 Å². The molecule has 18 heavy (non-hydrogen) atoms. The summed E-state index contributed by atoms with van der Waals surface area (Å²) in [5.74, 6) is 1.68. The molecule has 2 aliphatic rings. The number of rotatable bonds is 3. The van der Waals surface area contributed by atoms with Gasteiger partial charge in [-0.15, -0.1) is 6.58 Å². The van der Waals surface area contributed by atoms with Crippen molar-refractivity contribution in [3.63, 3.8) is 0 Å². The van der Waals surface area contributed by atoms with Crippen LogP contribution < -0.4 is 14.8 Å². The van der Waals surface area contributed by atoms with Crippen molar-refractivity contribution in [1.82, 2.24) is 10.2 Å². The summed E-state index contributed by atoms with van der Waals surface area (Å²) in [6, 6.07) is 6.40. The van der Waals surface area contributed by atoms with Gasteiger partial charge in [0.1, 0.15) is 0 Å². The Kier molecular flexibility index (Phi) is 3.21. The van der Waals surface area contributed by atoms with E-state index in [4.69, 9.17) is 9.47 Å². The summed E-state index contributed by atoms with van der Waals surface area (Å²) < 4.78 is 10.8. The summed E-state index contributed by atoms with van der Waals surface area (Å²) in [6.07, 6.45) is 2.00. The lowest BCUT2D eigenvalue weighted by Gasteiger charge is -2.33. The van der Waals surface area contributed by atoms with Gasteiger partial charge in [-0.2, -0.15) is 0 Å². The largest absolute Gasteiger partial charge is 0.454 e. The SMILES string of the molecule is C=C[C@H](c1ccc2c(c1)OCO2)N1CCNCC1. The van der Waals surface area contributed by atoms with Gasteiger partial charge in [-0.1, -0.05) is 12.1 Å². The highest BCUT2D eigenvalue weighted by Crippen LogP contribution is 2.35. The Morgan fingerprint density at radius 3 is 2.78 bits per heavy atom. The maximum Gasteiger partial charge on any atom is 0.231 e. The Morgan fingerprint density at radius 2 is 2.00 bits per heavy atom. The van der Waals surface area contributed by atoms with Crippen LogP contribution in [0.1, 0.15) is 11.6 Å². The van der Waals surface area contributed by atoms with Gasteiger partial charge in [-0.05, 0) is 17.7 Å². The summed E-state index contributed by atoms with van der Waals surface area (Å²) >= 11 is 0. The maximum absolute atomic E-state index is 5.43. The van der Waals surface area contributed by atoms with Crippen LogP contribution in [0.15, 0.2) is 30.9 Å². The molecule has 2 aliphatic heterocycles. The van der Waals surface area contributed by atoms with E-state index in [2.05, 4.69) is 28.9 Å². The number of hydrogen-bond donors (Lipinski definition) is 1. The van der Waals surface area contributed by atoms with Crippen molar-refractivity contribution in [2.45, 2.75) is 6.04 Å². The van der Waals surface area contributed by atoms with Gasteiger partial charge < -0.3 is 14.8 Å². The van der Waals surface area contributed by atoms with E-state index in [-0.39, 0.29) is 6.04 Å². The van der Waals surface area contributed by atoms with Gasteiger partial charge in [-0.3, -0.25) is 4.90 Å². The van der Waals surface area contributed by atoms with E-state index in [1.165, 1.54) is 5.56 Å². The Labute approximate surface area is 107 Å². The molecule has 4 nitrogen and oxygen atoms in total. The number of hydrogen-bond acceptors (Lipinski definition) is 4. The molecule has 0 unspecified atom stereocenters. The predicted octanol–water partition coefficient (Wildman–Crippen LogP) is 1.55. The van der Waals surface area contributed by atoms with Gasteiger partial charge in [0.2, 0.25) is 6.79 Å². The third-order valence-electron chi connectivity index (χ3n) is 3.51.